The zero-order valence-electron chi connectivity index (χ0n) is 10.4. The summed E-state index contributed by atoms with van der Waals surface area (Å²) >= 11 is 0. The summed E-state index contributed by atoms with van der Waals surface area (Å²) in [6, 6.07) is 3.64. The number of carbonyl (C=O) groups excluding carboxylic acids is 1. The molecule has 0 aromatic carbocycles. The predicted molar refractivity (Wildman–Crippen MR) is 65.1 cm³/mol. The lowest BCUT2D eigenvalue weighted by Crippen LogP contribution is -2.40. The number of piperidine rings is 1. The van der Waals surface area contributed by atoms with Crippen LogP contribution in [0.1, 0.15) is 18.6 Å². The van der Waals surface area contributed by atoms with Gasteiger partial charge in [-0.3, -0.25) is 9.69 Å². The van der Waals surface area contributed by atoms with E-state index in [1.54, 1.807) is 12.3 Å². The number of β-amino-alcohol motifs (C(OH)–C–C–N with tert-alkyl or cyclic N) is 1. The molecule has 0 saturated carbocycles. The van der Waals surface area contributed by atoms with E-state index in [1.807, 2.05) is 6.07 Å². The number of rotatable bonds is 6. The molecule has 100 valence electrons. The molecular formula is C13H19NO4. The summed E-state index contributed by atoms with van der Waals surface area (Å²) in [5.74, 6) is 1.07. The molecule has 1 aliphatic rings. The van der Waals surface area contributed by atoms with Gasteiger partial charge in [0.2, 0.25) is 0 Å². The number of Topliss-reactive ketones (excluding diaryl/α,β-unsaturated/α-hetero) is 1. The van der Waals surface area contributed by atoms with Gasteiger partial charge in [0, 0.05) is 32.5 Å². The number of ether oxygens (including phenoxy) is 1. The van der Waals surface area contributed by atoms with Gasteiger partial charge in [0.05, 0.1) is 19.0 Å². The second-order valence-corrected chi connectivity index (χ2v) is 4.59. The van der Waals surface area contributed by atoms with Crippen LogP contribution in [0.5, 0.6) is 0 Å². The number of likely N-dealkylation sites (tertiary alicyclic amines) is 1. The van der Waals surface area contributed by atoms with Crippen LogP contribution >= 0.6 is 0 Å². The number of nitrogens with zero attached hydrogens (tertiary/aromatic N) is 1. The molecule has 1 aliphatic heterocycles. The number of ketones is 1. The Morgan fingerprint density at radius 3 is 2.89 bits per heavy atom. The topological polar surface area (TPSA) is 62.9 Å². The van der Waals surface area contributed by atoms with Crippen LogP contribution in [0.15, 0.2) is 22.8 Å². The molecule has 1 atom stereocenters. The van der Waals surface area contributed by atoms with Crippen LogP contribution in [-0.4, -0.2) is 48.1 Å². The van der Waals surface area contributed by atoms with Crippen molar-refractivity contribution in [1.29, 1.82) is 0 Å². The van der Waals surface area contributed by atoms with Crippen molar-refractivity contribution >= 4 is 5.78 Å². The molecule has 0 radical (unpaired) electrons. The summed E-state index contributed by atoms with van der Waals surface area (Å²) in [6.07, 6.45) is 2.27. The van der Waals surface area contributed by atoms with Crippen molar-refractivity contribution in [1.82, 2.24) is 4.90 Å². The van der Waals surface area contributed by atoms with Crippen LogP contribution in [0.25, 0.3) is 0 Å². The molecule has 5 heteroatoms. The molecule has 0 aliphatic carbocycles. The van der Waals surface area contributed by atoms with Crippen LogP contribution in [0.4, 0.5) is 0 Å². The number of furan rings is 1. The lowest BCUT2D eigenvalue weighted by atomic mass is 10.1. The van der Waals surface area contributed by atoms with Gasteiger partial charge in [0.15, 0.2) is 0 Å². The van der Waals surface area contributed by atoms with Gasteiger partial charge in [-0.05, 0) is 12.1 Å². The first-order valence-corrected chi connectivity index (χ1v) is 6.26. The van der Waals surface area contributed by atoms with Crippen LogP contribution < -0.4 is 0 Å². The van der Waals surface area contributed by atoms with E-state index in [9.17, 15) is 9.90 Å². The maximum atomic E-state index is 11.1. The number of aliphatic hydroxyl groups is 1. The molecule has 1 N–H and O–H groups in total. The fourth-order valence-corrected chi connectivity index (χ4v) is 2.03. The van der Waals surface area contributed by atoms with E-state index >= 15 is 0 Å². The van der Waals surface area contributed by atoms with Crippen LogP contribution in [0.3, 0.4) is 0 Å². The van der Waals surface area contributed by atoms with Gasteiger partial charge in [-0.25, -0.2) is 0 Å². The lowest BCUT2D eigenvalue weighted by Gasteiger charge is -2.27. The monoisotopic (exact) mass is 253 g/mol. The van der Waals surface area contributed by atoms with E-state index in [0.717, 1.165) is 18.8 Å². The van der Waals surface area contributed by atoms with Crippen LogP contribution in [-0.2, 0) is 16.1 Å². The minimum absolute atomic E-state index is 0.283. The Morgan fingerprint density at radius 2 is 2.22 bits per heavy atom. The molecular weight excluding hydrogens is 234 g/mol. The number of aliphatic hydroxyl groups excluding tert-OH is 1. The Morgan fingerprint density at radius 1 is 1.44 bits per heavy atom. The fourth-order valence-electron chi connectivity index (χ4n) is 2.03. The first-order chi connectivity index (χ1) is 8.74. The quantitative estimate of drug-likeness (QED) is 0.813. The fraction of sp³-hybridized carbons (Fsp3) is 0.615. The molecule has 18 heavy (non-hydrogen) atoms. The van der Waals surface area contributed by atoms with E-state index in [0.29, 0.717) is 31.8 Å². The minimum atomic E-state index is -0.520. The van der Waals surface area contributed by atoms with Gasteiger partial charge >= 0.3 is 0 Å². The van der Waals surface area contributed by atoms with E-state index in [2.05, 4.69) is 4.90 Å². The number of hydrogen-bond donors (Lipinski definition) is 1. The average molecular weight is 253 g/mol. The Bertz CT molecular complexity index is 353. The standard InChI is InChI=1S/C13H19NO4/c15-11-3-5-14(6-4-11)8-12(16)9-17-10-13-2-1-7-18-13/h1-2,7,12,16H,3-6,8-10H2. The molecule has 2 heterocycles. The van der Waals surface area contributed by atoms with E-state index in [-0.39, 0.29) is 6.61 Å². The van der Waals surface area contributed by atoms with Crippen molar-refractivity contribution in [2.75, 3.05) is 26.2 Å². The largest absolute Gasteiger partial charge is 0.467 e. The second kappa shape index (κ2) is 6.68. The Kier molecular flexibility index (Phi) is 4.92. The highest BCUT2D eigenvalue weighted by molar-refractivity contribution is 5.79. The van der Waals surface area contributed by atoms with Crippen molar-refractivity contribution in [2.24, 2.45) is 0 Å². The number of carbonyl (C=O) groups is 1. The minimum Gasteiger partial charge on any atom is -0.467 e. The van der Waals surface area contributed by atoms with Gasteiger partial charge in [0.25, 0.3) is 0 Å². The SMILES string of the molecule is O=C1CCN(CC(O)COCc2ccco2)CC1. The zero-order chi connectivity index (χ0) is 12.8. The normalized spacial score (nSPS) is 19.1. The van der Waals surface area contributed by atoms with Crippen molar-refractivity contribution in [3.63, 3.8) is 0 Å². The van der Waals surface area contributed by atoms with Crippen LogP contribution in [0, 0.1) is 0 Å². The van der Waals surface area contributed by atoms with Gasteiger partial charge in [-0.15, -0.1) is 0 Å². The summed E-state index contributed by atoms with van der Waals surface area (Å²) in [6.45, 7) is 2.71. The first-order valence-electron chi connectivity index (χ1n) is 6.26. The van der Waals surface area contributed by atoms with Crippen molar-refractivity contribution in [3.8, 4) is 0 Å². The van der Waals surface area contributed by atoms with Gasteiger partial charge in [-0.2, -0.15) is 0 Å². The molecule has 5 nitrogen and oxygen atoms in total. The highest BCUT2D eigenvalue weighted by Gasteiger charge is 2.18. The smallest absolute Gasteiger partial charge is 0.135 e. The molecule has 1 aromatic rings. The van der Waals surface area contributed by atoms with E-state index in [4.69, 9.17) is 9.15 Å². The molecule has 1 aromatic heterocycles. The highest BCUT2D eigenvalue weighted by Crippen LogP contribution is 2.07. The van der Waals surface area contributed by atoms with E-state index < -0.39 is 6.10 Å². The molecule has 0 bridgehead atoms. The number of hydrogen-bond acceptors (Lipinski definition) is 5. The lowest BCUT2D eigenvalue weighted by molar-refractivity contribution is -0.121. The summed E-state index contributed by atoms with van der Waals surface area (Å²) < 4.78 is 10.5. The molecule has 1 saturated heterocycles. The second-order valence-electron chi connectivity index (χ2n) is 4.59. The Balaban J connectivity index is 1.60. The summed E-state index contributed by atoms with van der Waals surface area (Å²) in [5, 5.41) is 9.81. The summed E-state index contributed by atoms with van der Waals surface area (Å²) in [4.78, 5) is 13.2. The van der Waals surface area contributed by atoms with Crippen LogP contribution in [0.2, 0.25) is 0 Å². The van der Waals surface area contributed by atoms with Crippen molar-refractivity contribution in [3.05, 3.63) is 24.2 Å². The van der Waals surface area contributed by atoms with Gasteiger partial charge < -0.3 is 14.3 Å². The Hall–Kier alpha value is -1.17. The summed E-state index contributed by atoms with van der Waals surface area (Å²) in [5.41, 5.74) is 0. The Labute approximate surface area is 106 Å². The maximum Gasteiger partial charge on any atom is 0.135 e. The van der Waals surface area contributed by atoms with Crippen molar-refractivity contribution in [2.45, 2.75) is 25.6 Å². The third-order valence-corrected chi connectivity index (χ3v) is 3.02. The zero-order valence-corrected chi connectivity index (χ0v) is 10.4. The molecule has 1 fully saturated rings. The predicted octanol–water partition coefficient (Wildman–Crippen LogP) is 0.822. The molecule has 1 unspecified atom stereocenters. The van der Waals surface area contributed by atoms with Crippen molar-refractivity contribution < 1.29 is 19.1 Å². The third-order valence-electron chi connectivity index (χ3n) is 3.02. The first kappa shape index (κ1) is 13.3. The average Bonchev–Trinajstić information content (AvgIpc) is 2.85. The molecule has 2 rings (SSSR count). The third kappa shape index (κ3) is 4.25. The molecule has 0 amide bonds. The van der Waals surface area contributed by atoms with E-state index in [1.165, 1.54) is 0 Å². The van der Waals surface area contributed by atoms with Gasteiger partial charge in [-0.1, -0.05) is 0 Å². The summed E-state index contributed by atoms with van der Waals surface area (Å²) in [7, 11) is 0. The van der Waals surface area contributed by atoms with Gasteiger partial charge in [0.1, 0.15) is 18.2 Å². The maximum absolute atomic E-state index is 11.1. The highest BCUT2D eigenvalue weighted by atomic mass is 16.5. The molecule has 0 spiro atoms.